The third kappa shape index (κ3) is 4.21. The maximum atomic E-state index is 10.8. The van der Waals surface area contributed by atoms with Gasteiger partial charge in [-0.05, 0) is 6.92 Å². The number of rotatable bonds is 4. The highest BCUT2D eigenvalue weighted by Crippen LogP contribution is 2.06. The van der Waals surface area contributed by atoms with Gasteiger partial charge in [0.15, 0.2) is 6.10 Å². The van der Waals surface area contributed by atoms with Crippen LogP contribution in [0.5, 0.6) is 0 Å². The van der Waals surface area contributed by atoms with Gasteiger partial charge in [0, 0.05) is 0 Å². The molecule has 0 heterocycles. The molecule has 8 heteroatoms. The zero-order chi connectivity index (χ0) is 12.2. The van der Waals surface area contributed by atoms with Crippen molar-refractivity contribution in [2.45, 2.75) is 31.3 Å². The molecule has 0 aliphatic rings. The predicted molar refractivity (Wildman–Crippen MR) is 45.4 cm³/mol. The highest BCUT2D eigenvalue weighted by atomic mass is 16.6. The van der Waals surface area contributed by atoms with Crippen molar-refractivity contribution in [1.82, 2.24) is 0 Å². The lowest BCUT2D eigenvalue weighted by Crippen LogP contribution is -2.47. The Labute approximate surface area is 84.9 Å². The third-order valence-electron chi connectivity index (χ3n) is 1.61. The molecule has 0 spiro atoms. The average Bonchev–Trinajstić information content (AvgIpc) is 2.13. The predicted octanol–water partition coefficient (Wildman–Crippen LogP) is -2.93. The van der Waals surface area contributed by atoms with Crippen molar-refractivity contribution >= 4 is 12.1 Å². The number of hydrogen-bond donors (Lipinski definition) is 5. The molecule has 0 radical (unpaired) electrons. The van der Waals surface area contributed by atoms with Crippen LogP contribution < -0.4 is 5.73 Å². The van der Waals surface area contributed by atoms with Gasteiger partial charge in [-0.1, -0.05) is 0 Å². The Bertz CT molecular complexity index is 241. The Balaban J connectivity index is 4.36. The topological polar surface area (TPSA) is 150 Å². The van der Waals surface area contributed by atoms with E-state index in [1.54, 1.807) is 0 Å². The molecule has 0 saturated heterocycles. The fourth-order valence-corrected chi connectivity index (χ4v) is 0.771. The zero-order valence-electron chi connectivity index (χ0n) is 7.90. The van der Waals surface area contributed by atoms with Crippen molar-refractivity contribution < 1.29 is 34.8 Å². The fraction of sp³-hybridized carbons (Fsp3) is 0.714. The number of carbonyl (C=O) groups is 2. The number of aliphatic hydroxyl groups excluding tert-OH is 4. The molecule has 15 heavy (non-hydrogen) atoms. The molecule has 0 aliphatic heterocycles. The summed E-state index contributed by atoms with van der Waals surface area (Å²) >= 11 is 0. The minimum Gasteiger partial charge on any atom is -0.391 e. The molecule has 6 N–H and O–H groups in total. The van der Waals surface area contributed by atoms with Crippen LogP contribution in [0.3, 0.4) is 0 Å². The number of aliphatic hydroxyl groups is 4. The van der Waals surface area contributed by atoms with E-state index in [-0.39, 0.29) is 0 Å². The molecule has 0 aliphatic carbocycles. The number of esters is 1. The first kappa shape index (κ1) is 13.8. The number of ether oxygens (including phenoxy) is 1. The van der Waals surface area contributed by atoms with E-state index < -0.39 is 36.5 Å². The molecular formula is C7H13NO7. The van der Waals surface area contributed by atoms with E-state index in [0.29, 0.717) is 0 Å². The monoisotopic (exact) mass is 223 g/mol. The van der Waals surface area contributed by atoms with Crippen LogP contribution in [0.4, 0.5) is 4.79 Å². The summed E-state index contributed by atoms with van der Waals surface area (Å²) in [7, 11) is 0. The molecular weight excluding hydrogens is 210 g/mol. The van der Waals surface area contributed by atoms with E-state index >= 15 is 0 Å². The minimum absolute atomic E-state index is 1.14. The molecule has 0 unspecified atom stereocenters. The van der Waals surface area contributed by atoms with Crippen LogP contribution in [0, 0.1) is 0 Å². The lowest BCUT2D eigenvalue weighted by molar-refractivity contribution is -0.161. The smallest absolute Gasteiger partial charge is 0.391 e. The Morgan fingerprint density at radius 1 is 1.13 bits per heavy atom. The molecule has 8 nitrogen and oxygen atoms in total. The highest BCUT2D eigenvalue weighted by Gasteiger charge is 2.34. The zero-order valence-corrected chi connectivity index (χ0v) is 7.90. The minimum atomic E-state index is -2.16. The number of carbonyl (C=O) groups excluding carboxylic acids is 2. The van der Waals surface area contributed by atoms with E-state index in [2.05, 4.69) is 10.5 Å². The SMILES string of the molecule is C[C@@H](O)[C@@H](O)[C@H](O)[C@@H](O)C(=O)OC(N)=O. The van der Waals surface area contributed by atoms with Crippen LogP contribution in [-0.2, 0) is 9.53 Å². The van der Waals surface area contributed by atoms with Gasteiger partial charge in [0.05, 0.1) is 6.10 Å². The maximum Gasteiger partial charge on any atom is 0.412 e. The summed E-state index contributed by atoms with van der Waals surface area (Å²) in [6.07, 6.45) is -8.70. The summed E-state index contributed by atoms with van der Waals surface area (Å²) in [4.78, 5) is 20.9. The van der Waals surface area contributed by atoms with Crippen LogP contribution in [0.15, 0.2) is 0 Å². The maximum absolute atomic E-state index is 10.8. The van der Waals surface area contributed by atoms with Gasteiger partial charge in [-0.3, -0.25) is 0 Å². The second-order valence-electron chi connectivity index (χ2n) is 2.91. The van der Waals surface area contributed by atoms with Gasteiger partial charge in [0.25, 0.3) is 0 Å². The summed E-state index contributed by atoms with van der Waals surface area (Å²) in [5.74, 6) is -1.50. The molecule has 0 aromatic rings. The lowest BCUT2D eigenvalue weighted by Gasteiger charge is -2.22. The summed E-state index contributed by atoms with van der Waals surface area (Å²) < 4.78 is 3.76. The molecule has 0 fully saturated rings. The summed E-state index contributed by atoms with van der Waals surface area (Å²) in [5, 5.41) is 36.1. The lowest BCUT2D eigenvalue weighted by atomic mass is 10.0. The first-order valence-electron chi connectivity index (χ1n) is 4.00. The quantitative estimate of drug-likeness (QED) is 0.253. The Kier molecular flexibility index (Phi) is 5.15. The first-order valence-corrected chi connectivity index (χ1v) is 4.00. The molecule has 0 aromatic carbocycles. The number of nitrogens with two attached hydrogens (primary N) is 1. The average molecular weight is 223 g/mol. The molecule has 0 bridgehead atoms. The second-order valence-corrected chi connectivity index (χ2v) is 2.91. The second kappa shape index (κ2) is 5.61. The number of primary amides is 1. The Morgan fingerprint density at radius 2 is 1.60 bits per heavy atom. The molecule has 4 atom stereocenters. The van der Waals surface area contributed by atoms with Crippen LogP contribution in [-0.4, -0.2) is 56.9 Å². The van der Waals surface area contributed by atoms with Crippen molar-refractivity contribution in [3.63, 3.8) is 0 Å². The van der Waals surface area contributed by atoms with Crippen molar-refractivity contribution in [2.24, 2.45) is 5.73 Å². The van der Waals surface area contributed by atoms with Crippen LogP contribution in [0.1, 0.15) is 6.92 Å². The van der Waals surface area contributed by atoms with Gasteiger partial charge in [-0.15, -0.1) is 0 Å². The summed E-state index contributed by atoms with van der Waals surface area (Å²) in [6, 6.07) is 0. The Hall–Kier alpha value is -1.22. The van der Waals surface area contributed by atoms with E-state index in [4.69, 9.17) is 20.4 Å². The fourth-order valence-electron chi connectivity index (χ4n) is 0.771. The molecule has 0 aromatic heterocycles. The third-order valence-corrected chi connectivity index (χ3v) is 1.61. The van der Waals surface area contributed by atoms with Crippen molar-refractivity contribution in [3.05, 3.63) is 0 Å². The Morgan fingerprint density at radius 3 is 1.93 bits per heavy atom. The summed E-state index contributed by atoms with van der Waals surface area (Å²) in [6.45, 7) is 1.14. The van der Waals surface area contributed by atoms with Gasteiger partial charge < -0.3 is 30.9 Å². The van der Waals surface area contributed by atoms with E-state index in [1.807, 2.05) is 0 Å². The number of hydrogen-bond acceptors (Lipinski definition) is 7. The van der Waals surface area contributed by atoms with Crippen LogP contribution in [0.2, 0.25) is 0 Å². The summed E-state index contributed by atoms with van der Waals surface area (Å²) in [5.41, 5.74) is 4.48. The molecule has 0 saturated carbocycles. The van der Waals surface area contributed by atoms with Gasteiger partial charge in [-0.2, -0.15) is 0 Å². The first-order chi connectivity index (χ1) is 6.77. The van der Waals surface area contributed by atoms with Gasteiger partial charge in [0.2, 0.25) is 0 Å². The molecule has 0 rings (SSSR count). The van der Waals surface area contributed by atoms with Crippen LogP contribution >= 0.6 is 0 Å². The van der Waals surface area contributed by atoms with Crippen molar-refractivity contribution in [3.8, 4) is 0 Å². The van der Waals surface area contributed by atoms with Crippen LogP contribution in [0.25, 0.3) is 0 Å². The van der Waals surface area contributed by atoms with Crippen molar-refractivity contribution in [2.75, 3.05) is 0 Å². The standard InChI is InChI=1S/C7H13NO7/c1-2(9)3(10)4(11)5(12)6(13)15-7(8)14/h2-5,9-12H,1H3,(H2,8,14)/t2-,3-,4+,5-/m1/s1. The van der Waals surface area contributed by atoms with Crippen molar-refractivity contribution in [1.29, 1.82) is 0 Å². The van der Waals surface area contributed by atoms with Gasteiger partial charge in [-0.25, -0.2) is 9.59 Å². The molecule has 1 amide bonds. The number of amides is 1. The van der Waals surface area contributed by atoms with E-state index in [9.17, 15) is 9.59 Å². The van der Waals surface area contributed by atoms with E-state index in [1.165, 1.54) is 0 Å². The normalized spacial score (nSPS) is 18.7. The molecule has 88 valence electrons. The van der Waals surface area contributed by atoms with Gasteiger partial charge >= 0.3 is 12.1 Å². The largest absolute Gasteiger partial charge is 0.412 e. The van der Waals surface area contributed by atoms with E-state index in [0.717, 1.165) is 6.92 Å². The highest BCUT2D eigenvalue weighted by molar-refractivity contribution is 5.86. The van der Waals surface area contributed by atoms with Gasteiger partial charge in [0.1, 0.15) is 12.2 Å².